The normalized spacial score (nSPS) is 14.9. The van der Waals surface area contributed by atoms with Crippen LogP contribution in [0.4, 0.5) is 11.9 Å². The van der Waals surface area contributed by atoms with Gasteiger partial charge in [0, 0.05) is 26.2 Å². The van der Waals surface area contributed by atoms with E-state index in [1.807, 2.05) is 0 Å². The second kappa shape index (κ2) is 7.02. The first-order valence-electron chi connectivity index (χ1n) is 9.23. The molecule has 1 aromatic carbocycles. The summed E-state index contributed by atoms with van der Waals surface area (Å²) in [6.07, 6.45) is 1.74. The number of rotatable bonds is 4. The summed E-state index contributed by atoms with van der Waals surface area (Å²) in [5, 5.41) is 11.1. The number of imidazole rings is 1. The largest absolute Gasteiger partial charge is 0.347 e. The van der Waals surface area contributed by atoms with Gasteiger partial charge in [0.25, 0.3) is 0 Å². The molecule has 0 saturated carbocycles. The van der Waals surface area contributed by atoms with Crippen LogP contribution in [-0.2, 0) is 6.54 Å². The van der Waals surface area contributed by atoms with Crippen LogP contribution < -0.4 is 15.5 Å². The van der Waals surface area contributed by atoms with Crippen LogP contribution >= 0.6 is 15.9 Å². The molecule has 0 bridgehead atoms. The molecule has 0 amide bonds. The number of aromatic nitrogens is 6. The van der Waals surface area contributed by atoms with Crippen LogP contribution in [0.1, 0.15) is 11.4 Å². The standard InChI is InChI=1S/C18H20BrN9/c1-11-2-3-13-14(8-11)24-15(23-13)10-21-17-26-18(27-6-4-20-5-7-27)25-16-12(19)9-22-28(16)17/h2-3,8-9,20H,4-7,10H2,1H3,(H,23,24)(H,21,25,26). The molecule has 10 heteroatoms. The molecular weight excluding hydrogens is 422 g/mol. The number of aromatic amines is 1. The van der Waals surface area contributed by atoms with E-state index >= 15 is 0 Å². The van der Waals surface area contributed by atoms with Crippen molar-refractivity contribution in [1.29, 1.82) is 0 Å². The number of piperazine rings is 1. The molecule has 0 spiro atoms. The maximum Gasteiger partial charge on any atom is 0.230 e. The SMILES string of the molecule is Cc1ccc2[nH]c(CNc3nc(N4CCNCC4)nc4c(Br)cnn34)nc2c1. The molecule has 0 aliphatic carbocycles. The summed E-state index contributed by atoms with van der Waals surface area (Å²) in [5.74, 6) is 2.20. The fourth-order valence-electron chi connectivity index (χ4n) is 3.38. The minimum atomic E-state index is 0.512. The molecule has 0 atom stereocenters. The topological polar surface area (TPSA) is 99.1 Å². The molecule has 144 valence electrons. The van der Waals surface area contributed by atoms with Crippen molar-refractivity contribution in [2.24, 2.45) is 0 Å². The van der Waals surface area contributed by atoms with Gasteiger partial charge in [0.1, 0.15) is 5.82 Å². The molecule has 3 aromatic heterocycles. The zero-order chi connectivity index (χ0) is 19.1. The monoisotopic (exact) mass is 441 g/mol. The van der Waals surface area contributed by atoms with Crippen LogP contribution in [0.3, 0.4) is 0 Å². The van der Waals surface area contributed by atoms with E-state index in [0.717, 1.165) is 53.2 Å². The Hall–Kier alpha value is -2.72. The number of hydrogen-bond acceptors (Lipinski definition) is 7. The summed E-state index contributed by atoms with van der Waals surface area (Å²) >= 11 is 3.53. The van der Waals surface area contributed by atoms with Crippen molar-refractivity contribution < 1.29 is 0 Å². The first-order valence-corrected chi connectivity index (χ1v) is 10.0. The summed E-state index contributed by atoms with van der Waals surface area (Å²) in [7, 11) is 0. The number of aryl methyl sites for hydroxylation is 1. The highest BCUT2D eigenvalue weighted by molar-refractivity contribution is 9.10. The number of H-pyrrole nitrogens is 1. The Balaban J connectivity index is 1.46. The number of hydrogen-bond donors (Lipinski definition) is 3. The van der Waals surface area contributed by atoms with Gasteiger partial charge in [-0.05, 0) is 40.5 Å². The summed E-state index contributed by atoms with van der Waals surface area (Å²) in [4.78, 5) is 19.6. The highest BCUT2D eigenvalue weighted by Gasteiger charge is 2.18. The molecule has 1 fully saturated rings. The van der Waals surface area contributed by atoms with Gasteiger partial charge in [-0.3, -0.25) is 0 Å². The molecule has 0 radical (unpaired) electrons. The lowest BCUT2D eigenvalue weighted by Crippen LogP contribution is -2.44. The maximum absolute atomic E-state index is 4.73. The van der Waals surface area contributed by atoms with E-state index in [-0.39, 0.29) is 0 Å². The van der Waals surface area contributed by atoms with Gasteiger partial charge in [0.2, 0.25) is 11.9 Å². The summed E-state index contributed by atoms with van der Waals surface area (Å²) < 4.78 is 2.55. The zero-order valence-electron chi connectivity index (χ0n) is 15.4. The molecular formula is C18H20BrN9. The molecule has 1 aliphatic heterocycles. The van der Waals surface area contributed by atoms with Gasteiger partial charge in [-0.15, -0.1) is 0 Å². The number of fused-ring (bicyclic) bond motifs is 2. The van der Waals surface area contributed by atoms with E-state index in [4.69, 9.17) is 9.97 Å². The third-order valence-electron chi connectivity index (χ3n) is 4.81. The highest BCUT2D eigenvalue weighted by atomic mass is 79.9. The smallest absolute Gasteiger partial charge is 0.230 e. The molecule has 1 aliphatic rings. The fraction of sp³-hybridized carbons (Fsp3) is 0.333. The minimum absolute atomic E-state index is 0.512. The third kappa shape index (κ3) is 3.18. The Labute approximate surface area is 169 Å². The Bertz CT molecular complexity index is 1140. The van der Waals surface area contributed by atoms with E-state index in [9.17, 15) is 0 Å². The maximum atomic E-state index is 4.73. The molecule has 4 aromatic rings. The second-order valence-corrected chi connectivity index (χ2v) is 7.72. The van der Waals surface area contributed by atoms with Gasteiger partial charge in [0.15, 0.2) is 5.65 Å². The van der Waals surface area contributed by atoms with Crippen molar-refractivity contribution in [3.8, 4) is 0 Å². The van der Waals surface area contributed by atoms with Crippen molar-refractivity contribution in [2.45, 2.75) is 13.5 Å². The molecule has 9 nitrogen and oxygen atoms in total. The Morgan fingerprint density at radius 1 is 1.18 bits per heavy atom. The zero-order valence-corrected chi connectivity index (χ0v) is 17.0. The van der Waals surface area contributed by atoms with Crippen molar-refractivity contribution in [3.05, 3.63) is 40.3 Å². The van der Waals surface area contributed by atoms with Crippen molar-refractivity contribution in [3.63, 3.8) is 0 Å². The average Bonchev–Trinajstić information content (AvgIpc) is 3.29. The van der Waals surface area contributed by atoms with Crippen molar-refractivity contribution in [2.75, 3.05) is 36.4 Å². The summed E-state index contributed by atoms with van der Waals surface area (Å²) in [5.41, 5.74) is 3.93. The lowest BCUT2D eigenvalue weighted by atomic mass is 10.2. The van der Waals surface area contributed by atoms with E-state index in [0.29, 0.717) is 18.4 Å². The predicted octanol–water partition coefficient (Wildman–Crippen LogP) is 2.09. The van der Waals surface area contributed by atoms with Crippen LogP contribution in [0.5, 0.6) is 0 Å². The summed E-state index contributed by atoms with van der Waals surface area (Å²) in [6, 6.07) is 6.20. The fourth-order valence-corrected chi connectivity index (χ4v) is 3.72. The number of nitrogens with zero attached hydrogens (tertiary/aromatic N) is 6. The first-order chi connectivity index (χ1) is 13.7. The number of benzene rings is 1. The van der Waals surface area contributed by atoms with Gasteiger partial charge < -0.3 is 20.5 Å². The van der Waals surface area contributed by atoms with Gasteiger partial charge in [-0.2, -0.15) is 19.6 Å². The van der Waals surface area contributed by atoms with Crippen molar-refractivity contribution in [1.82, 2.24) is 34.9 Å². The molecule has 1 saturated heterocycles. The van der Waals surface area contributed by atoms with Crippen LogP contribution in [0.25, 0.3) is 16.7 Å². The quantitative estimate of drug-likeness (QED) is 0.445. The lowest BCUT2D eigenvalue weighted by molar-refractivity contribution is 0.579. The van der Waals surface area contributed by atoms with Crippen LogP contribution in [0.15, 0.2) is 28.9 Å². The molecule has 5 rings (SSSR count). The van der Waals surface area contributed by atoms with Gasteiger partial charge in [0.05, 0.1) is 28.2 Å². The predicted molar refractivity (Wildman–Crippen MR) is 112 cm³/mol. The lowest BCUT2D eigenvalue weighted by Gasteiger charge is -2.27. The number of nitrogens with one attached hydrogen (secondary N) is 3. The van der Waals surface area contributed by atoms with E-state index < -0.39 is 0 Å². The average molecular weight is 442 g/mol. The summed E-state index contributed by atoms with van der Waals surface area (Å²) in [6.45, 7) is 6.19. The first kappa shape index (κ1) is 17.4. The van der Waals surface area contributed by atoms with E-state index in [1.165, 1.54) is 5.56 Å². The number of halogens is 1. The molecule has 4 heterocycles. The third-order valence-corrected chi connectivity index (χ3v) is 5.37. The number of anilines is 2. The van der Waals surface area contributed by atoms with Crippen LogP contribution in [0, 0.1) is 6.92 Å². The molecule has 0 unspecified atom stereocenters. The minimum Gasteiger partial charge on any atom is -0.347 e. The van der Waals surface area contributed by atoms with Crippen LogP contribution in [0.2, 0.25) is 0 Å². The van der Waals surface area contributed by atoms with Crippen molar-refractivity contribution >= 4 is 44.5 Å². The second-order valence-electron chi connectivity index (χ2n) is 6.87. The van der Waals surface area contributed by atoms with E-state index in [1.54, 1.807) is 10.7 Å². The molecule has 3 N–H and O–H groups in total. The van der Waals surface area contributed by atoms with Gasteiger partial charge in [-0.25, -0.2) is 4.98 Å². The Kier molecular flexibility index (Phi) is 4.36. The van der Waals surface area contributed by atoms with Crippen LogP contribution in [-0.4, -0.2) is 55.7 Å². The van der Waals surface area contributed by atoms with E-state index in [2.05, 4.69) is 71.7 Å². The highest BCUT2D eigenvalue weighted by Crippen LogP contribution is 2.22. The van der Waals surface area contributed by atoms with Gasteiger partial charge >= 0.3 is 0 Å². The Morgan fingerprint density at radius 3 is 2.89 bits per heavy atom. The van der Waals surface area contributed by atoms with Gasteiger partial charge in [-0.1, -0.05) is 6.07 Å². The molecule has 28 heavy (non-hydrogen) atoms. The Morgan fingerprint density at radius 2 is 2.04 bits per heavy atom.